The molecule has 6 nitrogen and oxygen atoms in total. The molecule has 6 heteroatoms. The normalized spacial score (nSPS) is 21.5. The van der Waals surface area contributed by atoms with E-state index in [2.05, 4.69) is 20.5 Å². The van der Waals surface area contributed by atoms with E-state index >= 15 is 0 Å². The highest BCUT2D eigenvalue weighted by atomic mass is 16.5. The van der Waals surface area contributed by atoms with Gasteiger partial charge in [0.1, 0.15) is 0 Å². The molecule has 0 bridgehead atoms. The summed E-state index contributed by atoms with van der Waals surface area (Å²) in [5, 5.41) is 9.75. The maximum Gasteiger partial charge on any atom is 0.226 e. The summed E-state index contributed by atoms with van der Waals surface area (Å²) in [6.45, 7) is 3.19. The van der Waals surface area contributed by atoms with Crippen molar-refractivity contribution >= 4 is 5.91 Å². The second kappa shape index (κ2) is 6.70. The zero-order valence-corrected chi connectivity index (χ0v) is 12.6. The first-order valence-electron chi connectivity index (χ1n) is 7.53. The lowest BCUT2D eigenvalue weighted by Crippen LogP contribution is -2.37. The van der Waals surface area contributed by atoms with Crippen LogP contribution < -0.4 is 5.32 Å². The Morgan fingerprint density at radius 2 is 2.41 bits per heavy atom. The Morgan fingerprint density at radius 3 is 3.18 bits per heavy atom. The van der Waals surface area contributed by atoms with Crippen LogP contribution in [0.5, 0.6) is 0 Å². The van der Waals surface area contributed by atoms with E-state index in [1.54, 1.807) is 24.8 Å². The van der Waals surface area contributed by atoms with Gasteiger partial charge in [-0.3, -0.25) is 14.9 Å². The van der Waals surface area contributed by atoms with Gasteiger partial charge in [-0.15, -0.1) is 0 Å². The van der Waals surface area contributed by atoms with Crippen LogP contribution in [0.15, 0.2) is 30.9 Å². The SMILES string of the molecule is Cc1ccncc1CNC(=O)[C@@H]1CCCO[C@H]1c1cn[nH]c1. The van der Waals surface area contributed by atoms with Crippen LogP contribution in [-0.4, -0.2) is 27.7 Å². The number of hydrogen-bond acceptors (Lipinski definition) is 4. The average Bonchev–Trinajstić information content (AvgIpc) is 3.08. The second-order valence-electron chi connectivity index (χ2n) is 5.59. The molecule has 3 heterocycles. The molecule has 2 atom stereocenters. The number of hydrogen-bond donors (Lipinski definition) is 2. The van der Waals surface area contributed by atoms with E-state index in [0.717, 1.165) is 29.5 Å². The lowest BCUT2D eigenvalue weighted by molar-refractivity contribution is -0.134. The summed E-state index contributed by atoms with van der Waals surface area (Å²) in [4.78, 5) is 16.6. The molecule has 2 aromatic heterocycles. The van der Waals surface area contributed by atoms with E-state index in [4.69, 9.17) is 4.74 Å². The summed E-state index contributed by atoms with van der Waals surface area (Å²) in [5.41, 5.74) is 3.09. The third-order valence-corrected chi connectivity index (χ3v) is 4.11. The molecule has 22 heavy (non-hydrogen) atoms. The molecular weight excluding hydrogens is 280 g/mol. The van der Waals surface area contributed by atoms with Crippen molar-refractivity contribution in [2.45, 2.75) is 32.4 Å². The van der Waals surface area contributed by atoms with E-state index in [0.29, 0.717) is 13.2 Å². The van der Waals surface area contributed by atoms with Crippen molar-refractivity contribution < 1.29 is 9.53 Å². The molecule has 1 aliphatic heterocycles. The van der Waals surface area contributed by atoms with Crippen molar-refractivity contribution in [2.75, 3.05) is 6.61 Å². The second-order valence-corrected chi connectivity index (χ2v) is 5.59. The Balaban J connectivity index is 1.66. The van der Waals surface area contributed by atoms with Crippen molar-refractivity contribution in [1.82, 2.24) is 20.5 Å². The van der Waals surface area contributed by atoms with Gasteiger partial charge in [0.2, 0.25) is 5.91 Å². The summed E-state index contributed by atoms with van der Waals surface area (Å²) < 4.78 is 5.80. The fourth-order valence-electron chi connectivity index (χ4n) is 2.79. The van der Waals surface area contributed by atoms with Crippen LogP contribution in [0.4, 0.5) is 0 Å². The Bertz CT molecular complexity index is 627. The third kappa shape index (κ3) is 3.17. The minimum Gasteiger partial charge on any atom is -0.373 e. The van der Waals surface area contributed by atoms with E-state index < -0.39 is 0 Å². The molecule has 0 spiro atoms. The molecule has 116 valence electrons. The molecule has 1 amide bonds. The third-order valence-electron chi connectivity index (χ3n) is 4.11. The lowest BCUT2D eigenvalue weighted by Gasteiger charge is -2.30. The fourth-order valence-corrected chi connectivity index (χ4v) is 2.79. The van der Waals surface area contributed by atoms with Crippen LogP contribution in [0.2, 0.25) is 0 Å². The number of amides is 1. The zero-order chi connectivity index (χ0) is 15.4. The standard InChI is InChI=1S/C16H20N4O2/c1-11-4-5-17-7-12(11)8-18-16(21)14-3-2-6-22-15(14)13-9-19-20-10-13/h4-5,7,9-10,14-15H,2-3,6,8H2,1H3,(H,18,21)(H,19,20)/t14-,15+/m1/s1. The molecule has 3 rings (SSSR count). The maximum atomic E-state index is 12.5. The summed E-state index contributed by atoms with van der Waals surface area (Å²) in [7, 11) is 0. The van der Waals surface area contributed by atoms with E-state index in [1.807, 2.05) is 13.0 Å². The average molecular weight is 300 g/mol. The molecule has 0 saturated carbocycles. The molecular formula is C16H20N4O2. The smallest absolute Gasteiger partial charge is 0.226 e. The molecule has 2 N–H and O–H groups in total. The van der Waals surface area contributed by atoms with Gasteiger partial charge in [0.15, 0.2) is 0 Å². The number of aromatic amines is 1. The number of nitrogens with one attached hydrogen (secondary N) is 2. The predicted octanol–water partition coefficient (Wildman–Crippen LogP) is 1.90. The highest BCUT2D eigenvalue weighted by Gasteiger charge is 2.33. The monoisotopic (exact) mass is 300 g/mol. The summed E-state index contributed by atoms with van der Waals surface area (Å²) in [6.07, 6.45) is 8.57. The van der Waals surface area contributed by atoms with Gasteiger partial charge in [-0.2, -0.15) is 5.10 Å². The zero-order valence-electron chi connectivity index (χ0n) is 12.6. The molecule has 1 aliphatic rings. The minimum atomic E-state index is -0.220. The number of H-pyrrole nitrogens is 1. The van der Waals surface area contributed by atoms with Crippen molar-refractivity contribution in [3.63, 3.8) is 0 Å². The van der Waals surface area contributed by atoms with Crippen molar-refractivity contribution in [1.29, 1.82) is 0 Å². The fraction of sp³-hybridized carbons (Fsp3) is 0.438. The number of aromatic nitrogens is 3. The van der Waals surface area contributed by atoms with Gasteiger partial charge >= 0.3 is 0 Å². The van der Waals surface area contributed by atoms with Crippen LogP contribution in [0.1, 0.15) is 35.6 Å². The van der Waals surface area contributed by atoms with Crippen LogP contribution in [0.3, 0.4) is 0 Å². The predicted molar refractivity (Wildman–Crippen MR) is 80.8 cm³/mol. The minimum absolute atomic E-state index is 0.0224. The van der Waals surface area contributed by atoms with Gasteiger partial charge in [-0.1, -0.05) is 0 Å². The molecule has 1 fully saturated rings. The first kappa shape index (κ1) is 14.7. The largest absolute Gasteiger partial charge is 0.373 e. The maximum absolute atomic E-state index is 12.5. The Hall–Kier alpha value is -2.21. The Morgan fingerprint density at radius 1 is 1.50 bits per heavy atom. The number of rotatable bonds is 4. The van der Waals surface area contributed by atoms with Crippen molar-refractivity contribution in [3.05, 3.63) is 47.5 Å². The van der Waals surface area contributed by atoms with Crippen LogP contribution in [-0.2, 0) is 16.1 Å². The van der Waals surface area contributed by atoms with Crippen LogP contribution >= 0.6 is 0 Å². The summed E-state index contributed by atoms with van der Waals surface area (Å²) >= 11 is 0. The Kier molecular flexibility index (Phi) is 4.48. The van der Waals surface area contributed by atoms with E-state index in [1.165, 1.54) is 0 Å². The van der Waals surface area contributed by atoms with E-state index in [9.17, 15) is 4.79 Å². The summed E-state index contributed by atoms with van der Waals surface area (Å²) in [6, 6.07) is 1.94. The first-order chi connectivity index (χ1) is 10.8. The number of nitrogens with zero attached hydrogens (tertiary/aromatic N) is 2. The van der Waals surface area contributed by atoms with Crippen molar-refractivity contribution in [3.8, 4) is 0 Å². The van der Waals surface area contributed by atoms with Crippen LogP contribution in [0, 0.1) is 12.8 Å². The molecule has 0 unspecified atom stereocenters. The molecule has 0 aliphatic carbocycles. The van der Waals surface area contributed by atoms with Crippen molar-refractivity contribution in [2.24, 2.45) is 5.92 Å². The number of pyridine rings is 1. The quantitative estimate of drug-likeness (QED) is 0.903. The summed E-state index contributed by atoms with van der Waals surface area (Å²) in [5.74, 6) is -0.155. The van der Waals surface area contributed by atoms with E-state index in [-0.39, 0.29) is 17.9 Å². The number of aryl methyl sites for hydroxylation is 1. The van der Waals surface area contributed by atoms with Gasteiger partial charge in [0.25, 0.3) is 0 Å². The highest BCUT2D eigenvalue weighted by Crippen LogP contribution is 2.33. The lowest BCUT2D eigenvalue weighted by atomic mass is 9.90. The molecule has 0 aromatic carbocycles. The number of carbonyl (C=O) groups is 1. The highest BCUT2D eigenvalue weighted by molar-refractivity contribution is 5.79. The van der Waals surface area contributed by atoms with Gasteiger partial charge in [0, 0.05) is 37.3 Å². The molecule has 2 aromatic rings. The van der Waals surface area contributed by atoms with Gasteiger partial charge in [-0.25, -0.2) is 0 Å². The first-order valence-corrected chi connectivity index (χ1v) is 7.53. The molecule has 0 radical (unpaired) electrons. The molecule has 1 saturated heterocycles. The van der Waals surface area contributed by atoms with Gasteiger partial charge in [-0.05, 0) is 37.0 Å². The topological polar surface area (TPSA) is 79.9 Å². The van der Waals surface area contributed by atoms with Gasteiger partial charge < -0.3 is 10.1 Å². The number of carbonyl (C=O) groups excluding carboxylic acids is 1. The number of ether oxygens (including phenoxy) is 1. The van der Waals surface area contributed by atoms with Gasteiger partial charge in [0.05, 0.1) is 18.2 Å². The van der Waals surface area contributed by atoms with Crippen LogP contribution in [0.25, 0.3) is 0 Å². The Labute approximate surface area is 129 Å².